The van der Waals surface area contributed by atoms with Crippen molar-refractivity contribution >= 4 is 12.0 Å². The third kappa shape index (κ3) is 6.14. The molecule has 0 saturated heterocycles. The SMILES string of the molecule is CCCN(CCC)C(=O)NCC(CC)C(=O)O. The van der Waals surface area contributed by atoms with Gasteiger partial charge >= 0.3 is 12.0 Å². The number of aliphatic carboxylic acids is 1. The van der Waals surface area contributed by atoms with Gasteiger partial charge < -0.3 is 15.3 Å². The molecule has 2 N–H and O–H groups in total. The number of carbonyl (C=O) groups excluding carboxylic acids is 1. The van der Waals surface area contributed by atoms with Crippen LogP contribution in [-0.4, -0.2) is 41.6 Å². The maximum Gasteiger partial charge on any atom is 0.317 e. The molecule has 0 aliphatic heterocycles. The minimum absolute atomic E-state index is 0.159. The minimum Gasteiger partial charge on any atom is -0.481 e. The van der Waals surface area contributed by atoms with Gasteiger partial charge in [-0.05, 0) is 19.3 Å². The van der Waals surface area contributed by atoms with Crippen molar-refractivity contribution in [2.45, 2.75) is 40.0 Å². The molecule has 0 spiro atoms. The lowest BCUT2D eigenvalue weighted by atomic mass is 10.1. The van der Waals surface area contributed by atoms with Gasteiger partial charge in [-0.3, -0.25) is 4.79 Å². The normalized spacial score (nSPS) is 11.9. The van der Waals surface area contributed by atoms with Crippen molar-refractivity contribution < 1.29 is 14.7 Å². The average molecular weight is 244 g/mol. The third-order valence-corrected chi connectivity index (χ3v) is 2.62. The predicted octanol–water partition coefficient (Wildman–Crippen LogP) is 1.93. The molecule has 0 aliphatic carbocycles. The molecule has 0 heterocycles. The summed E-state index contributed by atoms with van der Waals surface area (Å²) in [5.74, 6) is -1.35. The van der Waals surface area contributed by atoms with Gasteiger partial charge in [0.1, 0.15) is 0 Å². The smallest absolute Gasteiger partial charge is 0.317 e. The number of carbonyl (C=O) groups is 2. The lowest BCUT2D eigenvalue weighted by Gasteiger charge is -2.22. The van der Waals surface area contributed by atoms with Crippen LogP contribution >= 0.6 is 0 Å². The van der Waals surface area contributed by atoms with Crippen molar-refractivity contribution in [2.24, 2.45) is 5.92 Å². The summed E-state index contributed by atoms with van der Waals surface area (Å²) in [5.41, 5.74) is 0. The molecule has 0 aliphatic rings. The fraction of sp³-hybridized carbons (Fsp3) is 0.833. The molecule has 5 heteroatoms. The molecule has 1 atom stereocenters. The van der Waals surface area contributed by atoms with E-state index in [1.54, 1.807) is 11.8 Å². The molecule has 2 amide bonds. The molecule has 0 aromatic rings. The van der Waals surface area contributed by atoms with Crippen LogP contribution in [0.4, 0.5) is 4.79 Å². The van der Waals surface area contributed by atoms with Crippen molar-refractivity contribution in [2.75, 3.05) is 19.6 Å². The molecule has 17 heavy (non-hydrogen) atoms. The molecule has 0 fully saturated rings. The Labute approximate surface area is 103 Å². The number of carboxylic acids is 1. The van der Waals surface area contributed by atoms with Gasteiger partial charge in [-0.15, -0.1) is 0 Å². The van der Waals surface area contributed by atoms with Crippen LogP contribution in [0.1, 0.15) is 40.0 Å². The summed E-state index contributed by atoms with van der Waals surface area (Å²) < 4.78 is 0. The van der Waals surface area contributed by atoms with E-state index in [-0.39, 0.29) is 12.6 Å². The summed E-state index contributed by atoms with van der Waals surface area (Å²) in [6.45, 7) is 7.46. The van der Waals surface area contributed by atoms with Crippen LogP contribution in [0.2, 0.25) is 0 Å². The van der Waals surface area contributed by atoms with Crippen molar-refractivity contribution in [3.05, 3.63) is 0 Å². The zero-order chi connectivity index (χ0) is 13.3. The maximum atomic E-state index is 11.8. The summed E-state index contributed by atoms with van der Waals surface area (Å²) in [4.78, 5) is 24.3. The number of hydrogen-bond donors (Lipinski definition) is 2. The lowest BCUT2D eigenvalue weighted by molar-refractivity contribution is -0.141. The van der Waals surface area contributed by atoms with Crippen molar-refractivity contribution in [1.29, 1.82) is 0 Å². The van der Waals surface area contributed by atoms with Crippen LogP contribution in [0.5, 0.6) is 0 Å². The van der Waals surface area contributed by atoms with Gasteiger partial charge in [-0.25, -0.2) is 4.79 Å². The van der Waals surface area contributed by atoms with Crippen molar-refractivity contribution in [3.8, 4) is 0 Å². The Bertz CT molecular complexity index is 238. The predicted molar refractivity (Wildman–Crippen MR) is 67.0 cm³/mol. The monoisotopic (exact) mass is 244 g/mol. The number of urea groups is 1. The molecule has 100 valence electrons. The van der Waals surface area contributed by atoms with Crippen molar-refractivity contribution in [3.63, 3.8) is 0 Å². The summed E-state index contributed by atoms with van der Waals surface area (Å²) in [6.07, 6.45) is 2.34. The fourth-order valence-corrected chi connectivity index (χ4v) is 1.58. The molecule has 0 radical (unpaired) electrons. The second-order valence-corrected chi connectivity index (χ2v) is 4.12. The topological polar surface area (TPSA) is 69.6 Å². The van der Waals surface area contributed by atoms with Gasteiger partial charge in [0.25, 0.3) is 0 Å². The van der Waals surface area contributed by atoms with Crippen molar-refractivity contribution in [1.82, 2.24) is 10.2 Å². The van der Waals surface area contributed by atoms with Crippen LogP contribution in [0.3, 0.4) is 0 Å². The highest BCUT2D eigenvalue weighted by Gasteiger charge is 2.17. The second-order valence-electron chi connectivity index (χ2n) is 4.12. The van der Waals surface area contributed by atoms with E-state index in [1.165, 1.54) is 0 Å². The highest BCUT2D eigenvalue weighted by atomic mass is 16.4. The fourth-order valence-electron chi connectivity index (χ4n) is 1.58. The molecule has 0 rings (SSSR count). The lowest BCUT2D eigenvalue weighted by Crippen LogP contribution is -2.43. The van der Waals surface area contributed by atoms with Gasteiger partial charge in [0.2, 0.25) is 0 Å². The first-order chi connectivity index (χ1) is 8.06. The van der Waals surface area contributed by atoms with Gasteiger partial charge in [0, 0.05) is 19.6 Å². The molecule has 0 saturated carbocycles. The zero-order valence-corrected chi connectivity index (χ0v) is 11.0. The van der Waals surface area contributed by atoms with Gasteiger partial charge in [-0.1, -0.05) is 20.8 Å². The average Bonchev–Trinajstić information content (AvgIpc) is 2.28. The Morgan fingerprint density at radius 1 is 1.18 bits per heavy atom. The number of carboxylic acid groups (broad SMARTS) is 1. The van der Waals surface area contributed by atoms with E-state index in [4.69, 9.17) is 5.11 Å². The summed E-state index contributed by atoms with van der Waals surface area (Å²) in [7, 11) is 0. The largest absolute Gasteiger partial charge is 0.481 e. The Hall–Kier alpha value is -1.26. The number of nitrogens with one attached hydrogen (secondary N) is 1. The number of rotatable bonds is 8. The van der Waals surface area contributed by atoms with E-state index in [1.807, 2.05) is 13.8 Å². The quantitative estimate of drug-likeness (QED) is 0.685. The highest BCUT2D eigenvalue weighted by Crippen LogP contribution is 2.01. The van der Waals surface area contributed by atoms with Crippen LogP contribution in [-0.2, 0) is 4.79 Å². The molecule has 0 bridgehead atoms. The standard InChI is InChI=1S/C12H24N2O3/c1-4-7-14(8-5-2)12(17)13-9-10(6-3)11(15)16/h10H,4-9H2,1-3H3,(H,13,17)(H,15,16). The van der Waals surface area contributed by atoms with Gasteiger partial charge in [-0.2, -0.15) is 0 Å². The Kier molecular flexibility index (Phi) is 8.19. The van der Waals surface area contributed by atoms with E-state index in [9.17, 15) is 9.59 Å². The Balaban J connectivity index is 4.16. The minimum atomic E-state index is -0.856. The Morgan fingerprint density at radius 3 is 2.06 bits per heavy atom. The zero-order valence-electron chi connectivity index (χ0n) is 11.0. The number of nitrogens with zero attached hydrogens (tertiary/aromatic N) is 1. The summed E-state index contributed by atoms with van der Waals surface area (Å²) >= 11 is 0. The summed E-state index contributed by atoms with van der Waals surface area (Å²) in [5, 5.41) is 11.6. The number of hydrogen-bond acceptors (Lipinski definition) is 2. The Morgan fingerprint density at radius 2 is 1.71 bits per heavy atom. The third-order valence-electron chi connectivity index (χ3n) is 2.62. The first-order valence-electron chi connectivity index (χ1n) is 6.32. The molecule has 0 aromatic carbocycles. The van der Waals surface area contributed by atoms with Gasteiger partial charge in [0.05, 0.1) is 5.92 Å². The van der Waals surface area contributed by atoms with Gasteiger partial charge in [0.15, 0.2) is 0 Å². The van der Waals surface area contributed by atoms with E-state index in [2.05, 4.69) is 5.32 Å². The van der Waals surface area contributed by atoms with Crippen LogP contribution in [0.15, 0.2) is 0 Å². The molecular formula is C12H24N2O3. The van der Waals surface area contributed by atoms with E-state index in [0.29, 0.717) is 19.5 Å². The molecule has 5 nitrogen and oxygen atoms in total. The first-order valence-corrected chi connectivity index (χ1v) is 6.32. The molecule has 0 aromatic heterocycles. The maximum absolute atomic E-state index is 11.8. The number of amides is 2. The van der Waals surface area contributed by atoms with Crippen LogP contribution in [0, 0.1) is 5.92 Å². The van der Waals surface area contributed by atoms with E-state index >= 15 is 0 Å². The highest BCUT2D eigenvalue weighted by molar-refractivity contribution is 5.76. The van der Waals surface area contributed by atoms with Crippen LogP contribution in [0.25, 0.3) is 0 Å². The van der Waals surface area contributed by atoms with E-state index < -0.39 is 11.9 Å². The first kappa shape index (κ1) is 15.7. The van der Waals surface area contributed by atoms with E-state index in [0.717, 1.165) is 12.8 Å². The summed E-state index contributed by atoms with van der Waals surface area (Å²) in [6, 6.07) is -0.159. The second kappa shape index (κ2) is 8.84. The molecular weight excluding hydrogens is 220 g/mol. The molecule has 1 unspecified atom stereocenters. The van der Waals surface area contributed by atoms with Crippen LogP contribution < -0.4 is 5.32 Å².